The van der Waals surface area contributed by atoms with E-state index in [1.807, 2.05) is 11.5 Å². The molecule has 2 atom stereocenters. The van der Waals surface area contributed by atoms with E-state index in [4.69, 9.17) is 55.2 Å². The van der Waals surface area contributed by atoms with Gasteiger partial charge in [0.25, 0.3) is 0 Å². The van der Waals surface area contributed by atoms with Crippen molar-refractivity contribution >= 4 is 69.5 Å². The van der Waals surface area contributed by atoms with E-state index in [-0.39, 0.29) is 18.6 Å². The molecule has 3 aromatic rings. The molecule has 5 rings (SSSR count). The van der Waals surface area contributed by atoms with Crippen LogP contribution in [0.4, 0.5) is 22.0 Å². The van der Waals surface area contributed by atoms with Crippen LogP contribution in [-0.4, -0.2) is 50.9 Å². The van der Waals surface area contributed by atoms with Crippen molar-refractivity contribution in [1.29, 1.82) is 0 Å². The third kappa shape index (κ3) is 5.30. The van der Waals surface area contributed by atoms with Crippen molar-refractivity contribution in [3.63, 3.8) is 0 Å². The minimum absolute atomic E-state index is 0.0369. The van der Waals surface area contributed by atoms with Crippen LogP contribution in [0.5, 0.6) is 0 Å². The molecule has 2 aromatic heterocycles. The van der Waals surface area contributed by atoms with Crippen molar-refractivity contribution in [2.75, 3.05) is 23.8 Å². The number of alkyl halides is 1. The number of anilines is 3. The first-order valence-corrected chi connectivity index (χ1v) is 13.2. The Labute approximate surface area is 228 Å². The second-order valence-corrected chi connectivity index (χ2v) is 11.1. The Morgan fingerprint density at radius 1 is 1.19 bits per heavy atom. The van der Waals surface area contributed by atoms with E-state index in [2.05, 4.69) is 15.6 Å². The molecule has 1 aliphatic heterocycles. The van der Waals surface area contributed by atoms with Gasteiger partial charge in [-0.05, 0) is 44.2 Å². The van der Waals surface area contributed by atoms with Crippen LogP contribution in [0.3, 0.4) is 0 Å². The maximum Gasteiger partial charge on any atom is 0.225 e. The Kier molecular flexibility index (Phi) is 7.37. The third-order valence-electron chi connectivity index (χ3n) is 7.30. The Morgan fingerprint density at radius 2 is 1.89 bits per heavy atom. The molecule has 3 heterocycles. The molecule has 13 heteroatoms. The number of hydrogen-bond donors (Lipinski definition) is 3. The summed E-state index contributed by atoms with van der Waals surface area (Å²) in [5.74, 6) is 0.468. The van der Waals surface area contributed by atoms with Gasteiger partial charge >= 0.3 is 0 Å². The first-order chi connectivity index (χ1) is 17.6. The summed E-state index contributed by atoms with van der Waals surface area (Å²) in [6.45, 7) is 2.40. The van der Waals surface area contributed by atoms with Crippen LogP contribution in [0.15, 0.2) is 18.3 Å². The minimum atomic E-state index is -1.16. The lowest BCUT2D eigenvalue weighted by Crippen LogP contribution is -2.39. The van der Waals surface area contributed by atoms with Gasteiger partial charge in [-0.1, -0.05) is 41.7 Å². The summed E-state index contributed by atoms with van der Waals surface area (Å²) in [6.07, 6.45) is 3.56. The molecule has 198 valence electrons. The molecule has 9 nitrogen and oxygen atoms in total. The van der Waals surface area contributed by atoms with Crippen LogP contribution < -0.4 is 16.4 Å². The minimum Gasteiger partial charge on any atom is -0.378 e. The van der Waals surface area contributed by atoms with Gasteiger partial charge in [0, 0.05) is 23.1 Å². The van der Waals surface area contributed by atoms with Gasteiger partial charge in [0.1, 0.15) is 11.7 Å². The number of carbonyl (C=O) groups is 1. The molecule has 2 aliphatic rings. The van der Waals surface area contributed by atoms with Gasteiger partial charge in [-0.25, -0.2) is 14.4 Å². The third-order valence-corrected chi connectivity index (χ3v) is 8.11. The van der Waals surface area contributed by atoms with E-state index >= 15 is 0 Å². The molecular formula is C24H27Cl3FN7O2. The van der Waals surface area contributed by atoms with Crippen molar-refractivity contribution in [1.82, 2.24) is 19.5 Å². The molecular weight excluding hydrogens is 544 g/mol. The molecule has 0 radical (unpaired) electrons. The van der Waals surface area contributed by atoms with Gasteiger partial charge in [0.05, 0.1) is 34.6 Å². The molecule has 1 amide bonds. The Morgan fingerprint density at radius 3 is 2.54 bits per heavy atom. The maximum absolute atomic E-state index is 14.4. The molecule has 0 spiro atoms. The molecule has 37 heavy (non-hydrogen) atoms. The first-order valence-electron chi connectivity index (χ1n) is 12.1. The highest BCUT2D eigenvalue weighted by molar-refractivity contribution is 6.41. The van der Waals surface area contributed by atoms with Gasteiger partial charge < -0.3 is 21.1 Å². The highest BCUT2D eigenvalue weighted by Gasteiger charge is 2.38. The van der Waals surface area contributed by atoms with Gasteiger partial charge in [-0.3, -0.25) is 9.36 Å². The summed E-state index contributed by atoms with van der Waals surface area (Å²) >= 11 is 19.0. The lowest BCUT2D eigenvalue weighted by Gasteiger charge is -2.35. The molecule has 2 fully saturated rings. The van der Waals surface area contributed by atoms with Crippen LogP contribution in [0.2, 0.25) is 15.1 Å². The Balaban J connectivity index is 1.54. The van der Waals surface area contributed by atoms with E-state index < -0.39 is 17.6 Å². The zero-order chi connectivity index (χ0) is 26.3. The number of carbonyl (C=O) groups excluding carboxylic acids is 1. The number of rotatable bonds is 6. The summed E-state index contributed by atoms with van der Waals surface area (Å²) in [4.78, 5) is 25.9. The van der Waals surface area contributed by atoms with Crippen molar-refractivity contribution in [2.45, 2.75) is 57.3 Å². The number of nitrogens with two attached hydrogens (primary N) is 1. The van der Waals surface area contributed by atoms with Gasteiger partial charge in [-0.15, -0.1) is 0 Å². The molecule has 1 saturated heterocycles. The number of ether oxygens (including phenoxy) is 1. The Bertz CT molecular complexity index is 1310. The first kappa shape index (κ1) is 26.2. The number of nitrogens with zero attached hydrogens (tertiary/aromatic N) is 4. The van der Waals surface area contributed by atoms with Crippen molar-refractivity contribution in [3.8, 4) is 0 Å². The van der Waals surface area contributed by atoms with Crippen molar-refractivity contribution in [2.24, 2.45) is 11.1 Å². The van der Waals surface area contributed by atoms with E-state index in [9.17, 15) is 9.18 Å². The number of fused-ring (bicyclic) bond motifs is 1. The lowest BCUT2D eigenvalue weighted by atomic mass is 9.73. The van der Waals surface area contributed by atoms with Crippen LogP contribution in [0.25, 0.3) is 11.2 Å². The molecule has 1 saturated carbocycles. The lowest BCUT2D eigenvalue weighted by molar-refractivity contribution is -0.128. The molecule has 1 aliphatic carbocycles. The molecule has 1 aromatic carbocycles. The van der Waals surface area contributed by atoms with E-state index in [0.717, 1.165) is 0 Å². The molecule has 0 bridgehead atoms. The highest BCUT2D eigenvalue weighted by atomic mass is 35.5. The number of imidazole rings is 1. The smallest absolute Gasteiger partial charge is 0.225 e. The van der Waals surface area contributed by atoms with Crippen LogP contribution in [-0.2, 0) is 9.53 Å². The predicted molar refractivity (Wildman–Crippen MR) is 143 cm³/mol. The fraction of sp³-hybridized carbons (Fsp3) is 0.500. The number of benzene rings is 1. The average molecular weight is 571 g/mol. The topological polar surface area (TPSA) is 120 Å². The SMILES string of the molecule is CC1(C(N)=O)CCC(n2c(Nc3c(Cl)cc(Cl)cc3Cl)nc3cnc(N[C@H]4CCOC[C@@H]4F)nc32)CC1. The zero-order valence-corrected chi connectivity index (χ0v) is 22.4. The van der Waals surface area contributed by atoms with Crippen molar-refractivity contribution in [3.05, 3.63) is 33.4 Å². The Hall–Kier alpha value is -2.40. The fourth-order valence-electron chi connectivity index (χ4n) is 4.94. The van der Waals surface area contributed by atoms with E-state index in [0.29, 0.717) is 82.5 Å². The number of halogens is 4. The summed E-state index contributed by atoms with van der Waals surface area (Å²) in [7, 11) is 0. The number of amides is 1. The highest BCUT2D eigenvalue weighted by Crippen LogP contribution is 2.44. The summed E-state index contributed by atoms with van der Waals surface area (Å²) in [6, 6.07) is 2.70. The van der Waals surface area contributed by atoms with Crippen LogP contribution in [0, 0.1) is 5.41 Å². The number of nitrogens with one attached hydrogen (secondary N) is 2. The van der Waals surface area contributed by atoms with Crippen LogP contribution in [0.1, 0.15) is 45.1 Å². The van der Waals surface area contributed by atoms with Gasteiger partial charge in [0.15, 0.2) is 5.65 Å². The summed E-state index contributed by atoms with van der Waals surface area (Å²) in [5, 5.41) is 7.44. The molecule has 4 N–H and O–H groups in total. The monoisotopic (exact) mass is 569 g/mol. The van der Waals surface area contributed by atoms with E-state index in [1.54, 1.807) is 18.3 Å². The predicted octanol–water partition coefficient (Wildman–Crippen LogP) is 5.68. The van der Waals surface area contributed by atoms with Gasteiger partial charge in [0.2, 0.25) is 17.8 Å². The second kappa shape index (κ2) is 10.4. The van der Waals surface area contributed by atoms with E-state index in [1.165, 1.54) is 0 Å². The molecule has 0 unspecified atom stereocenters. The van der Waals surface area contributed by atoms with Crippen LogP contribution >= 0.6 is 34.8 Å². The number of primary amides is 1. The average Bonchev–Trinajstić information content (AvgIpc) is 3.20. The quantitative estimate of drug-likeness (QED) is 0.349. The summed E-state index contributed by atoms with van der Waals surface area (Å²) in [5.41, 5.74) is 6.67. The maximum atomic E-state index is 14.4. The summed E-state index contributed by atoms with van der Waals surface area (Å²) < 4.78 is 21.5. The zero-order valence-electron chi connectivity index (χ0n) is 20.1. The second-order valence-electron chi connectivity index (χ2n) is 9.86. The normalized spacial score (nSPS) is 26.2. The van der Waals surface area contributed by atoms with Crippen molar-refractivity contribution < 1.29 is 13.9 Å². The number of hydrogen-bond acceptors (Lipinski definition) is 7. The van der Waals surface area contributed by atoms with Gasteiger partial charge in [-0.2, -0.15) is 4.98 Å². The standard InChI is InChI=1S/C24H27Cl3FN7O2/c1-24(21(29)36)5-2-13(3-6-24)35-20-18(10-30-22(34-20)31-17-4-7-37-11-16(17)28)32-23(35)33-19-14(26)8-12(25)9-15(19)27/h8-10,13,16-17H,2-7,11H2,1H3,(H2,29,36)(H,32,33)(H,30,31,34)/t13?,16-,17-,24?/m0/s1. The largest absolute Gasteiger partial charge is 0.378 e. The fourth-order valence-corrected chi connectivity index (χ4v) is 5.86. The number of aromatic nitrogens is 4.